The highest BCUT2D eigenvalue weighted by Crippen LogP contribution is 2.25. The molecule has 0 atom stereocenters. The van der Waals surface area contributed by atoms with Gasteiger partial charge in [-0.3, -0.25) is 14.6 Å². The number of halogens is 1. The molecule has 0 radical (unpaired) electrons. The first kappa shape index (κ1) is 22.0. The predicted octanol–water partition coefficient (Wildman–Crippen LogP) is 1.84. The summed E-state index contributed by atoms with van der Waals surface area (Å²) in [5.74, 6) is -1.31. The Labute approximate surface area is 177 Å². The molecule has 1 aliphatic rings. The van der Waals surface area contributed by atoms with Gasteiger partial charge in [0.1, 0.15) is 0 Å². The highest BCUT2D eigenvalue weighted by atomic mass is 19.1. The van der Waals surface area contributed by atoms with Crippen LogP contribution in [-0.4, -0.2) is 62.4 Å². The summed E-state index contributed by atoms with van der Waals surface area (Å²) in [5, 5.41) is 2.31. The zero-order chi connectivity index (χ0) is 22.4. The second kappa shape index (κ2) is 9.90. The molecule has 1 fully saturated rings. The van der Waals surface area contributed by atoms with Crippen molar-refractivity contribution in [3.8, 4) is 5.75 Å². The maximum atomic E-state index is 13.2. The third kappa shape index (κ3) is 5.70. The summed E-state index contributed by atoms with van der Waals surface area (Å²) in [7, 11) is 3.61. The molecule has 0 unspecified atom stereocenters. The monoisotopic (exact) mass is 430 g/mol. The highest BCUT2D eigenvalue weighted by Gasteiger charge is 2.15. The van der Waals surface area contributed by atoms with Crippen LogP contribution in [0.3, 0.4) is 0 Å². The number of nitrogens with one attached hydrogen (secondary N) is 2. The van der Waals surface area contributed by atoms with E-state index >= 15 is 0 Å². The average Bonchev–Trinajstić information content (AvgIpc) is 3.14. The Morgan fingerprint density at radius 2 is 1.94 bits per heavy atom. The van der Waals surface area contributed by atoms with Crippen molar-refractivity contribution in [2.24, 2.45) is 0 Å². The molecule has 1 saturated heterocycles. The van der Waals surface area contributed by atoms with Crippen LogP contribution in [0.5, 0.6) is 5.75 Å². The molecule has 2 heterocycles. The van der Waals surface area contributed by atoms with Crippen molar-refractivity contribution in [3.05, 3.63) is 52.8 Å². The number of carbonyl (C=O) groups excluding carboxylic acids is 2. The lowest BCUT2D eigenvalue weighted by molar-refractivity contribution is -0.127. The van der Waals surface area contributed by atoms with Crippen LogP contribution in [-0.2, 0) is 9.59 Å². The van der Waals surface area contributed by atoms with E-state index in [4.69, 9.17) is 9.15 Å². The number of hydrogen-bond acceptors (Lipinski definition) is 7. The van der Waals surface area contributed by atoms with Crippen LogP contribution in [0.2, 0.25) is 0 Å². The number of methoxy groups -OCH3 is 1. The standard InChI is InChI=1S/C12H17FN2O.C9H6N2O4/c1-14-5-7-15(8-6-14)10-3-4-11(13)12(9-10)16-2;12-4-8(13)10-5-1-2-6-7(3-5)15-9(14)11-6/h3-4,9H,5-8H2,1-2H3;1-4H,(H,10,13)(H,11,14). The van der Waals surface area contributed by atoms with Gasteiger partial charge in [0, 0.05) is 49.7 Å². The number of aromatic amines is 1. The fourth-order valence-corrected chi connectivity index (χ4v) is 3.10. The molecule has 3 aromatic rings. The van der Waals surface area contributed by atoms with Crippen LogP contribution < -0.4 is 20.7 Å². The van der Waals surface area contributed by atoms with E-state index in [0.717, 1.165) is 31.9 Å². The van der Waals surface area contributed by atoms with Gasteiger partial charge in [-0.15, -0.1) is 0 Å². The molecule has 0 spiro atoms. The van der Waals surface area contributed by atoms with Crippen LogP contribution in [0.15, 0.2) is 45.6 Å². The third-order valence-electron chi connectivity index (χ3n) is 4.80. The molecule has 1 aromatic heterocycles. The summed E-state index contributed by atoms with van der Waals surface area (Å²) in [6, 6.07) is 9.61. The summed E-state index contributed by atoms with van der Waals surface area (Å²) < 4.78 is 23.0. The molecule has 9 nitrogen and oxygen atoms in total. The lowest BCUT2D eigenvalue weighted by Crippen LogP contribution is -2.44. The molecular formula is C21H23FN4O5. The number of benzene rings is 2. The second-order valence-corrected chi connectivity index (χ2v) is 6.94. The molecule has 31 heavy (non-hydrogen) atoms. The molecule has 1 aliphatic heterocycles. The lowest BCUT2D eigenvalue weighted by Gasteiger charge is -2.34. The van der Waals surface area contributed by atoms with Crippen molar-refractivity contribution in [2.75, 3.05) is 50.6 Å². The molecule has 0 bridgehead atoms. The minimum absolute atomic E-state index is 0.164. The predicted molar refractivity (Wildman–Crippen MR) is 114 cm³/mol. The van der Waals surface area contributed by atoms with E-state index in [0.29, 0.717) is 22.5 Å². The molecule has 0 aliphatic carbocycles. The molecule has 164 valence electrons. The molecule has 2 aromatic carbocycles. The number of oxazole rings is 1. The number of amides is 1. The quantitative estimate of drug-likeness (QED) is 0.480. The topological polar surface area (TPSA) is 108 Å². The van der Waals surface area contributed by atoms with E-state index in [1.165, 1.54) is 19.2 Å². The number of hydrogen-bond donors (Lipinski definition) is 2. The number of carbonyl (C=O) groups is 2. The summed E-state index contributed by atoms with van der Waals surface area (Å²) in [5.41, 5.74) is 2.28. The molecular weight excluding hydrogens is 407 g/mol. The molecule has 4 rings (SSSR count). The minimum atomic E-state index is -0.757. The molecule has 0 saturated carbocycles. The number of aromatic nitrogens is 1. The van der Waals surface area contributed by atoms with Crippen LogP contribution in [0, 0.1) is 5.82 Å². The number of ether oxygens (including phenoxy) is 1. The van der Waals surface area contributed by atoms with Crippen molar-refractivity contribution in [1.82, 2.24) is 9.88 Å². The van der Waals surface area contributed by atoms with Crippen molar-refractivity contribution < 1.29 is 23.1 Å². The van der Waals surface area contributed by atoms with Crippen molar-refractivity contribution in [1.29, 1.82) is 0 Å². The first-order valence-electron chi connectivity index (χ1n) is 9.55. The van der Waals surface area contributed by atoms with Gasteiger partial charge < -0.3 is 24.3 Å². The van der Waals surface area contributed by atoms with Gasteiger partial charge in [0.2, 0.25) is 6.29 Å². The Kier molecular flexibility index (Phi) is 7.03. The van der Waals surface area contributed by atoms with Crippen LogP contribution in [0.1, 0.15) is 0 Å². The van der Waals surface area contributed by atoms with Gasteiger partial charge in [0.05, 0.1) is 12.6 Å². The first-order chi connectivity index (χ1) is 14.9. The van der Waals surface area contributed by atoms with E-state index in [1.54, 1.807) is 18.2 Å². The van der Waals surface area contributed by atoms with E-state index in [-0.39, 0.29) is 12.1 Å². The van der Waals surface area contributed by atoms with Crippen molar-refractivity contribution in [3.63, 3.8) is 0 Å². The number of fused-ring (bicyclic) bond motifs is 1. The van der Waals surface area contributed by atoms with Crippen LogP contribution in [0.4, 0.5) is 15.8 Å². The van der Waals surface area contributed by atoms with Gasteiger partial charge in [-0.2, -0.15) is 0 Å². The highest BCUT2D eigenvalue weighted by molar-refractivity contribution is 6.29. The molecule has 2 N–H and O–H groups in total. The normalized spacial score (nSPS) is 14.0. The SMILES string of the molecule is COc1cc(N2CCN(C)CC2)ccc1F.O=CC(=O)Nc1ccc2[nH]c(=O)oc2c1. The zero-order valence-corrected chi connectivity index (χ0v) is 17.2. The summed E-state index contributed by atoms with van der Waals surface area (Å²) in [6.45, 7) is 4.04. The number of likely N-dealkylation sites (N-methyl/N-ethyl adjacent to an activating group) is 1. The Morgan fingerprint density at radius 1 is 1.19 bits per heavy atom. The third-order valence-corrected chi connectivity index (χ3v) is 4.80. The van der Waals surface area contributed by atoms with E-state index < -0.39 is 11.7 Å². The zero-order valence-electron chi connectivity index (χ0n) is 17.2. The van der Waals surface area contributed by atoms with Gasteiger partial charge in [0.15, 0.2) is 17.1 Å². The first-order valence-corrected chi connectivity index (χ1v) is 9.55. The number of piperazine rings is 1. The van der Waals surface area contributed by atoms with Gasteiger partial charge in [-0.05, 0) is 31.3 Å². The van der Waals surface area contributed by atoms with Crippen molar-refractivity contribution in [2.45, 2.75) is 0 Å². The number of nitrogens with zero attached hydrogens (tertiary/aromatic N) is 2. The van der Waals surface area contributed by atoms with E-state index in [1.807, 2.05) is 6.07 Å². The summed E-state index contributed by atoms with van der Waals surface area (Å²) in [6.07, 6.45) is 0.164. The fourth-order valence-electron chi connectivity index (χ4n) is 3.10. The van der Waals surface area contributed by atoms with Crippen LogP contribution in [0.25, 0.3) is 11.1 Å². The van der Waals surface area contributed by atoms with Gasteiger partial charge >= 0.3 is 5.76 Å². The number of anilines is 2. The fraction of sp³-hybridized carbons (Fsp3) is 0.286. The van der Waals surface area contributed by atoms with Gasteiger partial charge in [-0.1, -0.05) is 0 Å². The van der Waals surface area contributed by atoms with Crippen LogP contribution >= 0.6 is 0 Å². The van der Waals surface area contributed by atoms with E-state index in [9.17, 15) is 18.8 Å². The van der Waals surface area contributed by atoms with E-state index in [2.05, 4.69) is 27.1 Å². The Balaban J connectivity index is 0.000000176. The van der Waals surface area contributed by atoms with Crippen molar-refractivity contribution >= 4 is 34.7 Å². The number of rotatable bonds is 4. The number of H-pyrrole nitrogens is 1. The average molecular weight is 430 g/mol. The second-order valence-electron chi connectivity index (χ2n) is 6.94. The summed E-state index contributed by atoms with van der Waals surface area (Å²) >= 11 is 0. The lowest BCUT2D eigenvalue weighted by atomic mass is 10.2. The maximum absolute atomic E-state index is 13.2. The number of aldehydes is 1. The largest absolute Gasteiger partial charge is 0.494 e. The Bertz CT molecular complexity index is 1120. The maximum Gasteiger partial charge on any atom is 0.417 e. The summed E-state index contributed by atoms with van der Waals surface area (Å²) in [4.78, 5) is 38.6. The van der Waals surface area contributed by atoms with Gasteiger partial charge in [0.25, 0.3) is 5.91 Å². The minimum Gasteiger partial charge on any atom is -0.494 e. The Hall–Kier alpha value is -3.66. The van der Waals surface area contributed by atoms with Gasteiger partial charge in [-0.25, -0.2) is 9.18 Å². The smallest absolute Gasteiger partial charge is 0.417 e. The molecule has 10 heteroatoms. The molecule has 1 amide bonds. The Morgan fingerprint density at radius 3 is 2.61 bits per heavy atom.